The molecule has 1 N–H and O–H groups in total. The van der Waals surface area contributed by atoms with Crippen LogP contribution in [-0.4, -0.2) is 25.3 Å². The molecule has 5 nitrogen and oxygen atoms in total. The number of ether oxygens (including phenoxy) is 3. The second-order valence-corrected chi connectivity index (χ2v) is 5.25. The van der Waals surface area contributed by atoms with E-state index in [-0.39, 0.29) is 18.9 Å². The smallest absolute Gasteiger partial charge is 0.453 e. The molecule has 0 aromatic heterocycles. The zero-order valence-corrected chi connectivity index (χ0v) is 13.4. The van der Waals surface area contributed by atoms with E-state index in [0.717, 1.165) is 0 Å². The van der Waals surface area contributed by atoms with Gasteiger partial charge in [0.2, 0.25) is 11.5 Å². The molecule has 8 heteroatoms. The maximum absolute atomic E-state index is 12.9. The van der Waals surface area contributed by atoms with Crippen molar-refractivity contribution in [1.29, 1.82) is 0 Å². The Morgan fingerprint density at radius 1 is 0.962 bits per heavy atom. The number of allylic oxidation sites excluding steroid dienone is 1. The molecule has 1 heterocycles. The second kappa shape index (κ2) is 7.38. The number of nitrogens with one attached hydrogen (secondary N) is 1. The molecule has 0 spiro atoms. The highest BCUT2D eigenvalue weighted by Gasteiger charge is 2.43. The van der Waals surface area contributed by atoms with Crippen LogP contribution in [0, 0.1) is 0 Å². The van der Waals surface area contributed by atoms with Gasteiger partial charge in [-0.25, -0.2) is 0 Å². The van der Waals surface area contributed by atoms with Gasteiger partial charge in [-0.1, -0.05) is 24.3 Å². The Hall–Kier alpha value is -3.16. The largest absolute Gasteiger partial charge is 0.483 e. The number of halogens is 3. The van der Waals surface area contributed by atoms with Gasteiger partial charge in [0.25, 0.3) is 5.91 Å². The van der Waals surface area contributed by atoms with Crippen LogP contribution in [0.1, 0.15) is 0 Å². The molecule has 2 aromatic carbocycles. The molecule has 136 valence electrons. The van der Waals surface area contributed by atoms with Gasteiger partial charge in [-0.2, -0.15) is 13.2 Å². The van der Waals surface area contributed by atoms with Crippen molar-refractivity contribution in [2.75, 3.05) is 18.5 Å². The highest BCUT2D eigenvalue weighted by Crippen LogP contribution is 2.32. The normalized spacial score (nSPS) is 14.3. The monoisotopic (exact) mass is 365 g/mol. The van der Waals surface area contributed by atoms with E-state index in [2.05, 4.69) is 10.1 Å². The third kappa shape index (κ3) is 4.27. The predicted molar refractivity (Wildman–Crippen MR) is 86.6 cm³/mol. The van der Waals surface area contributed by atoms with Crippen molar-refractivity contribution in [3.8, 4) is 11.5 Å². The fourth-order valence-corrected chi connectivity index (χ4v) is 2.25. The number of amides is 1. The first-order valence-corrected chi connectivity index (χ1v) is 7.65. The average Bonchev–Trinajstić information content (AvgIpc) is 2.62. The average molecular weight is 365 g/mol. The minimum absolute atomic E-state index is 0.139. The van der Waals surface area contributed by atoms with Crippen LogP contribution in [0.15, 0.2) is 66.1 Å². The van der Waals surface area contributed by atoms with Crippen molar-refractivity contribution in [2.45, 2.75) is 6.18 Å². The molecular formula is C18H14F3NO4. The van der Waals surface area contributed by atoms with Gasteiger partial charge in [0.1, 0.15) is 24.7 Å². The Bertz CT molecular complexity index is 819. The molecule has 0 saturated heterocycles. The Morgan fingerprint density at radius 3 is 2.38 bits per heavy atom. The van der Waals surface area contributed by atoms with Crippen molar-refractivity contribution in [3.63, 3.8) is 0 Å². The van der Waals surface area contributed by atoms with Crippen molar-refractivity contribution in [2.24, 2.45) is 0 Å². The maximum Gasteiger partial charge on any atom is 0.453 e. The SMILES string of the molecule is O=C(Nc1cccc(Oc2ccccc2)c1)C1=C(C(F)(F)F)OCCO1. The number of alkyl halides is 3. The quantitative estimate of drug-likeness (QED) is 0.881. The third-order valence-electron chi connectivity index (χ3n) is 3.32. The summed E-state index contributed by atoms with van der Waals surface area (Å²) < 4.78 is 53.9. The number of carbonyl (C=O) groups excluding carboxylic acids is 1. The highest BCUT2D eigenvalue weighted by atomic mass is 19.4. The molecule has 1 aliphatic heterocycles. The van der Waals surface area contributed by atoms with Crippen LogP contribution in [0.2, 0.25) is 0 Å². The number of benzene rings is 2. The van der Waals surface area contributed by atoms with Crippen molar-refractivity contribution >= 4 is 11.6 Å². The molecule has 0 radical (unpaired) electrons. The number of para-hydroxylation sites is 1. The molecule has 0 unspecified atom stereocenters. The summed E-state index contributed by atoms with van der Waals surface area (Å²) in [6.45, 7) is -0.411. The van der Waals surface area contributed by atoms with Crippen LogP contribution in [0.4, 0.5) is 18.9 Å². The van der Waals surface area contributed by atoms with Gasteiger partial charge in [0.15, 0.2) is 0 Å². The fraction of sp³-hybridized carbons (Fsp3) is 0.167. The summed E-state index contributed by atoms with van der Waals surface area (Å²) in [4.78, 5) is 12.2. The summed E-state index contributed by atoms with van der Waals surface area (Å²) in [7, 11) is 0. The van der Waals surface area contributed by atoms with Crippen LogP contribution in [0.25, 0.3) is 0 Å². The first kappa shape index (κ1) is 17.7. The molecule has 2 aromatic rings. The standard InChI is InChI=1S/C18H14F3NO4/c19-18(20,21)16-15(24-9-10-25-16)17(23)22-12-5-4-8-14(11-12)26-13-6-2-1-3-7-13/h1-8,11H,9-10H2,(H,22,23). The van der Waals surface area contributed by atoms with E-state index in [1.165, 1.54) is 12.1 Å². The number of carbonyl (C=O) groups is 1. The molecule has 0 saturated carbocycles. The molecule has 26 heavy (non-hydrogen) atoms. The molecule has 3 rings (SSSR count). The van der Waals surface area contributed by atoms with E-state index in [1.54, 1.807) is 36.4 Å². The van der Waals surface area contributed by atoms with E-state index in [0.29, 0.717) is 11.5 Å². The van der Waals surface area contributed by atoms with E-state index in [1.807, 2.05) is 6.07 Å². The zero-order valence-electron chi connectivity index (χ0n) is 13.4. The predicted octanol–water partition coefficient (Wildman–Crippen LogP) is 4.24. The lowest BCUT2D eigenvalue weighted by atomic mass is 10.2. The van der Waals surface area contributed by atoms with E-state index in [4.69, 9.17) is 9.47 Å². The number of anilines is 1. The number of hydrogen-bond donors (Lipinski definition) is 1. The second-order valence-electron chi connectivity index (χ2n) is 5.25. The van der Waals surface area contributed by atoms with Crippen LogP contribution in [0.3, 0.4) is 0 Å². The van der Waals surface area contributed by atoms with Crippen molar-refractivity contribution < 1.29 is 32.2 Å². The van der Waals surface area contributed by atoms with Crippen LogP contribution in [0.5, 0.6) is 11.5 Å². The highest BCUT2D eigenvalue weighted by molar-refractivity contribution is 6.02. The van der Waals surface area contributed by atoms with Crippen LogP contribution >= 0.6 is 0 Å². The number of hydrogen-bond acceptors (Lipinski definition) is 4. The van der Waals surface area contributed by atoms with E-state index < -0.39 is 23.6 Å². The Kier molecular flexibility index (Phi) is 5.01. The summed E-state index contributed by atoms with van der Waals surface area (Å²) in [5.41, 5.74) is 0.256. The Labute approximate surface area is 147 Å². The van der Waals surface area contributed by atoms with E-state index >= 15 is 0 Å². The van der Waals surface area contributed by atoms with Gasteiger partial charge in [-0.3, -0.25) is 4.79 Å². The van der Waals surface area contributed by atoms with Gasteiger partial charge in [0.05, 0.1) is 0 Å². The molecular weight excluding hydrogens is 351 g/mol. The molecule has 0 fully saturated rings. The summed E-state index contributed by atoms with van der Waals surface area (Å²) in [6.07, 6.45) is -4.81. The van der Waals surface area contributed by atoms with Crippen LogP contribution in [-0.2, 0) is 14.3 Å². The fourth-order valence-electron chi connectivity index (χ4n) is 2.25. The molecule has 0 atom stereocenters. The third-order valence-corrected chi connectivity index (χ3v) is 3.32. The summed E-state index contributed by atoms with van der Waals surface area (Å²) in [5, 5.41) is 2.36. The molecule has 0 bridgehead atoms. The maximum atomic E-state index is 12.9. The Balaban J connectivity index is 1.77. The first-order chi connectivity index (χ1) is 12.4. The topological polar surface area (TPSA) is 56.8 Å². The van der Waals surface area contributed by atoms with Gasteiger partial charge >= 0.3 is 6.18 Å². The summed E-state index contributed by atoms with van der Waals surface area (Å²) >= 11 is 0. The Morgan fingerprint density at radius 2 is 1.65 bits per heavy atom. The molecule has 1 amide bonds. The van der Waals surface area contributed by atoms with Gasteiger partial charge in [-0.15, -0.1) is 0 Å². The van der Waals surface area contributed by atoms with Gasteiger partial charge in [-0.05, 0) is 24.3 Å². The van der Waals surface area contributed by atoms with Crippen molar-refractivity contribution in [1.82, 2.24) is 0 Å². The number of rotatable bonds is 4. The lowest BCUT2D eigenvalue weighted by Crippen LogP contribution is -2.30. The molecule has 1 aliphatic rings. The van der Waals surface area contributed by atoms with Gasteiger partial charge < -0.3 is 19.5 Å². The van der Waals surface area contributed by atoms with Gasteiger partial charge in [0, 0.05) is 11.8 Å². The summed E-state index contributed by atoms with van der Waals surface area (Å²) in [6, 6.07) is 15.2. The zero-order chi connectivity index (χ0) is 18.6. The van der Waals surface area contributed by atoms with Crippen molar-refractivity contribution in [3.05, 3.63) is 66.1 Å². The minimum atomic E-state index is -4.81. The first-order valence-electron chi connectivity index (χ1n) is 7.65. The lowest BCUT2D eigenvalue weighted by Gasteiger charge is -2.22. The summed E-state index contributed by atoms with van der Waals surface area (Å²) in [5.74, 6) is -2.37. The lowest BCUT2D eigenvalue weighted by molar-refractivity contribution is -0.151. The minimum Gasteiger partial charge on any atom is -0.483 e. The molecule has 0 aliphatic carbocycles. The van der Waals surface area contributed by atoms with E-state index in [9.17, 15) is 18.0 Å². The van der Waals surface area contributed by atoms with Crippen LogP contribution < -0.4 is 10.1 Å².